The predicted molar refractivity (Wildman–Crippen MR) is 73.9 cm³/mol. The van der Waals surface area contributed by atoms with Crippen molar-refractivity contribution < 1.29 is 4.79 Å². The van der Waals surface area contributed by atoms with Crippen LogP contribution in [-0.4, -0.2) is 17.9 Å². The Bertz CT molecular complexity index is 284. The van der Waals surface area contributed by atoms with Crippen LogP contribution in [0.15, 0.2) is 30.3 Å². The summed E-state index contributed by atoms with van der Waals surface area (Å²) in [5.74, 6) is 0. The van der Waals surface area contributed by atoms with E-state index in [0.717, 1.165) is 25.8 Å². The molecule has 0 spiro atoms. The molecule has 1 saturated heterocycles. The van der Waals surface area contributed by atoms with Crippen LogP contribution in [0.3, 0.4) is 0 Å². The third kappa shape index (κ3) is 4.59. The molecule has 1 aromatic rings. The van der Waals surface area contributed by atoms with E-state index in [2.05, 4.69) is 12.1 Å². The third-order valence-electron chi connectivity index (χ3n) is 2.61. The SMILES string of the molecule is CC.CC.O=CN1CCCC1c1ccccc1. The van der Waals surface area contributed by atoms with Gasteiger partial charge >= 0.3 is 0 Å². The van der Waals surface area contributed by atoms with Gasteiger partial charge in [0.15, 0.2) is 0 Å². The van der Waals surface area contributed by atoms with Crippen molar-refractivity contribution in [1.82, 2.24) is 4.90 Å². The number of amides is 1. The Morgan fingerprint density at radius 2 is 1.71 bits per heavy atom. The zero-order valence-corrected chi connectivity index (χ0v) is 11.5. The number of carbonyl (C=O) groups is 1. The van der Waals surface area contributed by atoms with E-state index in [1.165, 1.54) is 5.56 Å². The zero-order chi connectivity index (χ0) is 13.1. The smallest absolute Gasteiger partial charge is 0.210 e. The van der Waals surface area contributed by atoms with Crippen LogP contribution in [0, 0.1) is 0 Å². The fourth-order valence-electron chi connectivity index (χ4n) is 1.95. The molecular formula is C15H25NO. The standard InChI is InChI=1S/C11H13NO.2C2H6/c13-9-12-8-4-7-11(12)10-5-2-1-3-6-10;2*1-2/h1-3,5-6,9,11H,4,7-8H2;2*1-2H3. The summed E-state index contributed by atoms with van der Waals surface area (Å²) < 4.78 is 0. The summed E-state index contributed by atoms with van der Waals surface area (Å²) in [4.78, 5) is 12.6. The molecule has 0 bridgehead atoms. The molecule has 1 aromatic carbocycles. The van der Waals surface area contributed by atoms with Crippen LogP contribution in [0.2, 0.25) is 0 Å². The maximum atomic E-state index is 10.7. The van der Waals surface area contributed by atoms with E-state index < -0.39 is 0 Å². The maximum Gasteiger partial charge on any atom is 0.210 e. The lowest BCUT2D eigenvalue weighted by molar-refractivity contribution is -0.118. The average molecular weight is 235 g/mol. The highest BCUT2D eigenvalue weighted by Gasteiger charge is 2.23. The van der Waals surface area contributed by atoms with Crippen LogP contribution in [-0.2, 0) is 4.79 Å². The molecule has 1 atom stereocenters. The van der Waals surface area contributed by atoms with Gasteiger partial charge in [-0.1, -0.05) is 58.0 Å². The van der Waals surface area contributed by atoms with Crippen LogP contribution < -0.4 is 0 Å². The maximum absolute atomic E-state index is 10.7. The van der Waals surface area contributed by atoms with E-state index in [0.29, 0.717) is 6.04 Å². The molecule has 0 aromatic heterocycles. The number of rotatable bonds is 2. The Labute approximate surface area is 106 Å². The van der Waals surface area contributed by atoms with E-state index in [9.17, 15) is 4.79 Å². The lowest BCUT2D eigenvalue weighted by atomic mass is 10.1. The van der Waals surface area contributed by atoms with Crippen molar-refractivity contribution in [1.29, 1.82) is 0 Å². The largest absolute Gasteiger partial charge is 0.338 e. The Hall–Kier alpha value is -1.31. The second-order valence-corrected chi connectivity index (χ2v) is 3.41. The highest BCUT2D eigenvalue weighted by atomic mass is 16.1. The average Bonchev–Trinajstić information content (AvgIpc) is 2.92. The molecule has 1 unspecified atom stereocenters. The Morgan fingerprint density at radius 1 is 1.12 bits per heavy atom. The Balaban J connectivity index is 0.000000581. The van der Waals surface area contributed by atoms with Gasteiger partial charge in [-0.25, -0.2) is 0 Å². The van der Waals surface area contributed by atoms with Crippen molar-refractivity contribution in [2.75, 3.05) is 6.54 Å². The number of carbonyl (C=O) groups excluding carboxylic acids is 1. The first-order chi connectivity index (χ1) is 8.42. The highest BCUT2D eigenvalue weighted by Crippen LogP contribution is 2.29. The van der Waals surface area contributed by atoms with E-state index >= 15 is 0 Å². The zero-order valence-electron chi connectivity index (χ0n) is 11.5. The minimum absolute atomic E-state index is 0.318. The molecule has 0 saturated carbocycles. The minimum Gasteiger partial charge on any atom is -0.338 e. The van der Waals surface area contributed by atoms with Crippen LogP contribution in [0.5, 0.6) is 0 Å². The predicted octanol–water partition coefficient (Wildman–Crippen LogP) is 4.03. The summed E-state index contributed by atoms with van der Waals surface area (Å²) in [5, 5.41) is 0. The molecule has 1 aliphatic heterocycles. The van der Waals surface area contributed by atoms with Gasteiger partial charge in [-0.2, -0.15) is 0 Å². The summed E-state index contributed by atoms with van der Waals surface area (Å²) >= 11 is 0. The molecule has 1 heterocycles. The van der Waals surface area contributed by atoms with Crippen molar-refractivity contribution in [3.8, 4) is 0 Å². The number of benzene rings is 1. The number of hydrogen-bond donors (Lipinski definition) is 0. The van der Waals surface area contributed by atoms with E-state index in [1.54, 1.807) is 0 Å². The molecule has 0 aliphatic carbocycles. The molecule has 96 valence electrons. The minimum atomic E-state index is 0.318. The Morgan fingerprint density at radius 3 is 2.24 bits per heavy atom. The third-order valence-corrected chi connectivity index (χ3v) is 2.61. The van der Waals surface area contributed by atoms with Gasteiger partial charge in [0, 0.05) is 6.54 Å². The van der Waals surface area contributed by atoms with Crippen LogP contribution >= 0.6 is 0 Å². The molecule has 17 heavy (non-hydrogen) atoms. The van der Waals surface area contributed by atoms with Crippen LogP contribution in [0.1, 0.15) is 52.1 Å². The van der Waals surface area contributed by atoms with Crippen molar-refractivity contribution >= 4 is 6.41 Å². The molecular weight excluding hydrogens is 210 g/mol. The molecule has 0 N–H and O–H groups in total. The van der Waals surface area contributed by atoms with Gasteiger partial charge in [0.05, 0.1) is 6.04 Å². The molecule has 1 amide bonds. The van der Waals surface area contributed by atoms with Crippen LogP contribution in [0.25, 0.3) is 0 Å². The summed E-state index contributed by atoms with van der Waals surface area (Å²) in [6.45, 7) is 8.91. The molecule has 1 aliphatic rings. The van der Waals surface area contributed by atoms with Gasteiger partial charge in [-0.15, -0.1) is 0 Å². The normalized spacial score (nSPS) is 17.4. The number of likely N-dealkylation sites (tertiary alicyclic amines) is 1. The van der Waals surface area contributed by atoms with E-state index in [-0.39, 0.29) is 0 Å². The fraction of sp³-hybridized carbons (Fsp3) is 0.533. The van der Waals surface area contributed by atoms with E-state index in [1.807, 2.05) is 50.8 Å². The topological polar surface area (TPSA) is 20.3 Å². The van der Waals surface area contributed by atoms with Crippen molar-refractivity contribution in [3.63, 3.8) is 0 Å². The summed E-state index contributed by atoms with van der Waals surface area (Å²) in [5.41, 5.74) is 1.26. The van der Waals surface area contributed by atoms with Gasteiger partial charge in [-0.3, -0.25) is 4.79 Å². The van der Waals surface area contributed by atoms with Crippen molar-refractivity contribution in [3.05, 3.63) is 35.9 Å². The lowest BCUT2D eigenvalue weighted by Gasteiger charge is -2.19. The highest BCUT2D eigenvalue weighted by molar-refractivity contribution is 5.49. The lowest BCUT2D eigenvalue weighted by Crippen LogP contribution is -2.20. The molecule has 1 fully saturated rings. The van der Waals surface area contributed by atoms with Crippen molar-refractivity contribution in [2.45, 2.75) is 46.6 Å². The number of hydrogen-bond acceptors (Lipinski definition) is 1. The molecule has 0 radical (unpaired) electrons. The van der Waals surface area contributed by atoms with E-state index in [4.69, 9.17) is 0 Å². The fourth-order valence-corrected chi connectivity index (χ4v) is 1.95. The molecule has 2 rings (SSSR count). The molecule has 2 nitrogen and oxygen atoms in total. The number of nitrogens with zero attached hydrogens (tertiary/aromatic N) is 1. The second-order valence-electron chi connectivity index (χ2n) is 3.41. The van der Waals surface area contributed by atoms with Gasteiger partial charge in [0.2, 0.25) is 6.41 Å². The van der Waals surface area contributed by atoms with Gasteiger partial charge in [-0.05, 0) is 18.4 Å². The van der Waals surface area contributed by atoms with Crippen LogP contribution in [0.4, 0.5) is 0 Å². The Kier molecular flexibility index (Phi) is 9.12. The first kappa shape index (κ1) is 15.7. The first-order valence-electron chi connectivity index (χ1n) is 6.68. The monoisotopic (exact) mass is 235 g/mol. The van der Waals surface area contributed by atoms with Gasteiger partial charge in [0.1, 0.15) is 0 Å². The quantitative estimate of drug-likeness (QED) is 0.709. The van der Waals surface area contributed by atoms with Crippen molar-refractivity contribution in [2.24, 2.45) is 0 Å². The summed E-state index contributed by atoms with van der Waals surface area (Å²) in [6, 6.07) is 10.6. The summed E-state index contributed by atoms with van der Waals surface area (Å²) in [6.07, 6.45) is 3.19. The first-order valence-corrected chi connectivity index (χ1v) is 6.68. The molecule has 2 heteroatoms. The van der Waals surface area contributed by atoms with Gasteiger partial charge in [0.25, 0.3) is 0 Å². The van der Waals surface area contributed by atoms with Gasteiger partial charge < -0.3 is 4.90 Å². The summed E-state index contributed by atoms with van der Waals surface area (Å²) in [7, 11) is 0. The second kappa shape index (κ2) is 9.88.